The molecular weight excluding hydrogens is 190 g/mol. The summed E-state index contributed by atoms with van der Waals surface area (Å²) in [6.07, 6.45) is 0. The molecule has 0 radical (unpaired) electrons. The van der Waals surface area contributed by atoms with Crippen molar-refractivity contribution in [3.8, 4) is 0 Å². The molecule has 0 unspecified atom stereocenters. The van der Waals surface area contributed by atoms with E-state index in [2.05, 4.69) is 10.1 Å². The van der Waals surface area contributed by atoms with Crippen LogP contribution >= 0.6 is 11.6 Å². The van der Waals surface area contributed by atoms with E-state index in [-0.39, 0.29) is 12.5 Å². The summed E-state index contributed by atoms with van der Waals surface area (Å²) in [5, 5.41) is 3.23. The molecule has 0 heterocycles. The molecule has 0 aliphatic carbocycles. The van der Waals surface area contributed by atoms with Gasteiger partial charge in [-0.2, -0.15) is 0 Å². The quantitative estimate of drug-likeness (QED) is 0.808. The predicted octanol–water partition coefficient (Wildman–Crippen LogP) is 1.92. The van der Waals surface area contributed by atoms with Crippen LogP contribution in [0.1, 0.15) is 0 Å². The van der Waals surface area contributed by atoms with Gasteiger partial charge in [0.05, 0.1) is 0 Å². The van der Waals surface area contributed by atoms with Gasteiger partial charge in [0.2, 0.25) is 5.91 Å². The molecule has 1 amide bonds. The van der Waals surface area contributed by atoms with Crippen molar-refractivity contribution < 1.29 is 9.53 Å². The van der Waals surface area contributed by atoms with Crippen LogP contribution in [-0.2, 0) is 9.53 Å². The van der Waals surface area contributed by atoms with Gasteiger partial charge < -0.3 is 10.1 Å². The molecule has 0 aliphatic rings. The van der Waals surface area contributed by atoms with Crippen molar-refractivity contribution in [2.75, 3.05) is 19.0 Å². The minimum atomic E-state index is -0.190. The van der Waals surface area contributed by atoms with Crippen LogP contribution in [0, 0.1) is 0 Å². The third kappa shape index (κ3) is 3.44. The van der Waals surface area contributed by atoms with E-state index in [0.29, 0.717) is 10.7 Å². The third-order valence-corrected chi connectivity index (χ3v) is 1.62. The van der Waals surface area contributed by atoms with Crippen LogP contribution in [-0.4, -0.2) is 19.6 Å². The SMILES string of the molecule is COCC(=O)Nc1cccc(Cl)c1. The monoisotopic (exact) mass is 199 g/mol. The smallest absolute Gasteiger partial charge is 0.250 e. The third-order valence-electron chi connectivity index (χ3n) is 1.38. The molecular formula is C9H10ClNO2. The van der Waals surface area contributed by atoms with Gasteiger partial charge in [-0.25, -0.2) is 0 Å². The highest BCUT2D eigenvalue weighted by molar-refractivity contribution is 6.30. The zero-order valence-electron chi connectivity index (χ0n) is 7.21. The van der Waals surface area contributed by atoms with Crippen LogP contribution in [0.5, 0.6) is 0 Å². The summed E-state index contributed by atoms with van der Waals surface area (Å²) in [5.41, 5.74) is 0.676. The largest absolute Gasteiger partial charge is 0.375 e. The molecule has 1 aromatic carbocycles. The van der Waals surface area contributed by atoms with Gasteiger partial charge in [-0.15, -0.1) is 0 Å². The zero-order chi connectivity index (χ0) is 9.68. The fourth-order valence-electron chi connectivity index (χ4n) is 0.894. The Labute approximate surface area is 81.7 Å². The van der Waals surface area contributed by atoms with E-state index in [4.69, 9.17) is 11.6 Å². The second kappa shape index (κ2) is 4.84. The second-order valence-electron chi connectivity index (χ2n) is 2.49. The normalized spacial score (nSPS) is 9.69. The maximum atomic E-state index is 11.0. The average Bonchev–Trinajstić information content (AvgIpc) is 2.04. The van der Waals surface area contributed by atoms with Crippen molar-refractivity contribution in [2.45, 2.75) is 0 Å². The van der Waals surface area contributed by atoms with E-state index in [1.165, 1.54) is 7.11 Å². The van der Waals surface area contributed by atoms with Crippen molar-refractivity contribution in [1.29, 1.82) is 0 Å². The first-order valence-corrected chi connectivity index (χ1v) is 4.14. The Balaban J connectivity index is 2.58. The number of carbonyl (C=O) groups is 1. The molecule has 0 fully saturated rings. The minimum absolute atomic E-state index is 0.0481. The molecule has 0 saturated heterocycles. The predicted molar refractivity (Wildman–Crippen MR) is 52.0 cm³/mol. The molecule has 70 valence electrons. The van der Waals surface area contributed by atoms with Gasteiger partial charge in [0.25, 0.3) is 0 Å². The lowest BCUT2D eigenvalue weighted by atomic mass is 10.3. The van der Waals surface area contributed by atoms with Crippen molar-refractivity contribution >= 4 is 23.2 Å². The fraction of sp³-hybridized carbons (Fsp3) is 0.222. The van der Waals surface area contributed by atoms with Crippen molar-refractivity contribution in [3.05, 3.63) is 29.3 Å². The molecule has 0 atom stereocenters. The highest BCUT2D eigenvalue weighted by Gasteiger charge is 2.00. The summed E-state index contributed by atoms with van der Waals surface area (Å²) in [7, 11) is 1.47. The molecule has 4 heteroatoms. The van der Waals surface area contributed by atoms with E-state index in [0.717, 1.165) is 0 Å². The number of nitrogens with one attached hydrogen (secondary N) is 1. The Morgan fingerprint density at radius 3 is 3.00 bits per heavy atom. The van der Waals surface area contributed by atoms with Crippen LogP contribution in [0.3, 0.4) is 0 Å². The number of rotatable bonds is 3. The summed E-state index contributed by atoms with van der Waals surface area (Å²) < 4.78 is 4.66. The molecule has 0 aromatic heterocycles. The topological polar surface area (TPSA) is 38.3 Å². The van der Waals surface area contributed by atoms with Gasteiger partial charge in [0, 0.05) is 17.8 Å². The molecule has 1 aromatic rings. The molecule has 1 rings (SSSR count). The lowest BCUT2D eigenvalue weighted by Crippen LogP contribution is -2.16. The number of hydrogen-bond donors (Lipinski definition) is 1. The summed E-state index contributed by atoms with van der Waals surface area (Å²) in [4.78, 5) is 11.0. The maximum absolute atomic E-state index is 11.0. The van der Waals surface area contributed by atoms with E-state index in [1.807, 2.05) is 0 Å². The highest BCUT2D eigenvalue weighted by atomic mass is 35.5. The number of amides is 1. The number of ether oxygens (including phenoxy) is 1. The van der Waals surface area contributed by atoms with Gasteiger partial charge in [0.15, 0.2) is 0 Å². The summed E-state index contributed by atoms with van der Waals surface area (Å²) in [5.74, 6) is -0.190. The number of halogens is 1. The van der Waals surface area contributed by atoms with Gasteiger partial charge in [-0.05, 0) is 18.2 Å². The lowest BCUT2D eigenvalue weighted by Gasteiger charge is -2.03. The molecule has 0 spiro atoms. The number of methoxy groups -OCH3 is 1. The van der Waals surface area contributed by atoms with Gasteiger partial charge in [-0.3, -0.25) is 4.79 Å². The van der Waals surface area contributed by atoms with Crippen molar-refractivity contribution in [1.82, 2.24) is 0 Å². The van der Waals surface area contributed by atoms with Gasteiger partial charge in [0.1, 0.15) is 6.61 Å². The maximum Gasteiger partial charge on any atom is 0.250 e. The van der Waals surface area contributed by atoms with Gasteiger partial charge in [-0.1, -0.05) is 17.7 Å². The van der Waals surface area contributed by atoms with E-state index >= 15 is 0 Å². The number of anilines is 1. The molecule has 1 N–H and O–H groups in total. The fourth-order valence-corrected chi connectivity index (χ4v) is 1.08. The van der Waals surface area contributed by atoms with Crippen LogP contribution in [0.15, 0.2) is 24.3 Å². The van der Waals surface area contributed by atoms with Crippen LogP contribution < -0.4 is 5.32 Å². The summed E-state index contributed by atoms with van der Waals surface area (Å²) in [6, 6.07) is 6.95. The Hall–Kier alpha value is -1.06. The first-order chi connectivity index (χ1) is 6.22. The van der Waals surface area contributed by atoms with Crippen molar-refractivity contribution in [3.63, 3.8) is 0 Å². The molecule has 0 aliphatic heterocycles. The Bertz CT molecular complexity index is 301. The average molecular weight is 200 g/mol. The zero-order valence-corrected chi connectivity index (χ0v) is 7.97. The van der Waals surface area contributed by atoms with Crippen molar-refractivity contribution in [2.24, 2.45) is 0 Å². The lowest BCUT2D eigenvalue weighted by molar-refractivity contribution is -0.119. The first kappa shape index (κ1) is 10.0. The van der Waals surface area contributed by atoms with Crippen LogP contribution in [0.4, 0.5) is 5.69 Å². The van der Waals surface area contributed by atoms with Crippen LogP contribution in [0.25, 0.3) is 0 Å². The summed E-state index contributed by atoms with van der Waals surface area (Å²) >= 11 is 5.72. The Kier molecular flexibility index (Phi) is 3.73. The molecule has 0 bridgehead atoms. The molecule has 0 saturated carbocycles. The minimum Gasteiger partial charge on any atom is -0.375 e. The Morgan fingerprint density at radius 2 is 2.38 bits per heavy atom. The molecule has 3 nitrogen and oxygen atoms in total. The van der Waals surface area contributed by atoms with Crippen LogP contribution in [0.2, 0.25) is 5.02 Å². The van der Waals surface area contributed by atoms with E-state index in [1.54, 1.807) is 24.3 Å². The van der Waals surface area contributed by atoms with E-state index in [9.17, 15) is 4.79 Å². The number of carbonyl (C=O) groups excluding carboxylic acids is 1. The standard InChI is InChI=1S/C9H10ClNO2/c1-13-6-9(12)11-8-4-2-3-7(10)5-8/h2-5H,6H2,1H3,(H,11,12). The number of benzene rings is 1. The first-order valence-electron chi connectivity index (χ1n) is 3.76. The van der Waals surface area contributed by atoms with Gasteiger partial charge >= 0.3 is 0 Å². The molecule has 13 heavy (non-hydrogen) atoms. The van der Waals surface area contributed by atoms with E-state index < -0.39 is 0 Å². The highest BCUT2D eigenvalue weighted by Crippen LogP contribution is 2.14. The second-order valence-corrected chi connectivity index (χ2v) is 2.93. The number of hydrogen-bond acceptors (Lipinski definition) is 2. The Morgan fingerprint density at radius 1 is 1.62 bits per heavy atom. The summed E-state index contributed by atoms with van der Waals surface area (Å²) in [6.45, 7) is 0.0481.